The third kappa shape index (κ3) is 3.34. The number of rotatable bonds is 7. The molecule has 3 aromatic carbocycles. The van der Waals surface area contributed by atoms with Crippen LogP contribution in [-0.2, 0) is 31.0 Å². The largest absolute Gasteiger partial charge is 0.496 e. The number of methoxy groups -OCH3 is 2. The van der Waals surface area contributed by atoms with Gasteiger partial charge in [0.15, 0.2) is 6.23 Å². The first-order chi connectivity index (χ1) is 15.1. The summed E-state index contributed by atoms with van der Waals surface area (Å²) in [6.07, 6.45) is 1.98. The van der Waals surface area contributed by atoms with Crippen LogP contribution in [0, 0.1) is 0 Å². The molecule has 3 aromatic rings. The molecule has 4 rings (SSSR count). The maximum Gasteiger partial charge on any atom is 0.174 e. The molecule has 7 nitrogen and oxygen atoms in total. The molecular weight excluding hydrogens is 398 g/mol. The lowest BCUT2D eigenvalue weighted by Crippen LogP contribution is -2.13. The van der Waals surface area contributed by atoms with Gasteiger partial charge < -0.3 is 29.5 Å². The van der Waals surface area contributed by atoms with Gasteiger partial charge in [-0.15, -0.1) is 0 Å². The van der Waals surface area contributed by atoms with Gasteiger partial charge in [0.1, 0.15) is 11.5 Å². The first-order valence-electron chi connectivity index (χ1n) is 10.3. The fourth-order valence-corrected chi connectivity index (χ4v) is 4.60. The third-order valence-electron chi connectivity index (χ3n) is 5.95. The molecule has 0 spiro atoms. The Morgan fingerprint density at radius 2 is 1.61 bits per heavy atom. The molecule has 31 heavy (non-hydrogen) atoms. The quantitative estimate of drug-likeness (QED) is 0.503. The lowest BCUT2D eigenvalue weighted by atomic mass is 9.84. The highest BCUT2D eigenvalue weighted by Gasteiger charge is 2.27. The molecule has 1 heterocycles. The molecular formula is C24H27NO6. The number of aliphatic hydroxyl groups excluding tert-OH is 3. The minimum absolute atomic E-state index is 0.192. The van der Waals surface area contributed by atoms with Crippen LogP contribution in [0.25, 0.3) is 21.5 Å². The van der Waals surface area contributed by atoms with Gasteiger partial charge in [-0.3, -0.25) is 4.99 Å². The first-order valence-corrected chi connectivity index (χ1v) is 10.3. The number of hydrogen-bond donors (Lipinski definition) is 3. The highest BCUT2D eigenvalue weighted by atomic mass is 16.5. The van der Waals surface area contributed by atoms with Crippen LogP contribution in [0.15, 0.2) is 23.2 Å². The summed E-state index contributed by atoms with van der Waals surface area (Å²) in [5, 5.41) is 33.7. The fraction of sp³-hybridized carbons (Fsp3) is 0.375. The minimum atomic E-state index is -0.466. The normalized spacial score (nSPS) is 15.5. The summed E-state index contributed by atoms with van der Waals surface area (Å²) >= 11 is 0. The summed E-state index contributed by atoms with van der Waals surface area (Å²) in [7, 11) is 3.12. The van der Waals surface area contributed by atoms with Gasteiger partial charge in [0.05, 0.1) is 34.0 Å². The molecule has 1 aliphatic rings. The van der Waals surface area contributed by atoms with Crippen LogP contribution < -0.4 is 9.47 Å². The summed E-state index contributed by atoms with van der Waals surface area (Å²) in [4.78, 5) is 4.58. The van der Waals surface area contributed by atoms with Crippen LogP contribution in [-0.4, -0.2) is 42.4 Å². The molecule has 1 atom stereocenters. The van der Waals surface area contributed by atoms with Crippen molar-refractivity contribution in [1.29, 1.82) is 0 Å². The number of benzene rings is 3. The smallest absolute Gasteiger partial charge is 0.174 e. The summed E-state index contributed by atoms with van der Waals surface area (Å²) in [6.45, 7) is 1.71. The number of nitrogens with zero attached hydrogens (tertiary/aromatic N) is 1. The van der Waals surface area contributed by atoms with Crippen LogP contribution in [0.4, 0.5) is 0 Å². The van der Waals surface area contributed by atoms with E-state index in [4.69, 9.17) is 14.2 Å². The van der Waals surface area contributed by atoms with E-state index in [1.54, 1.807) is 14.2 Å². The second-order valence-corrected chi connectivity index (χ2v) is 7.38. The summed E-state index contributed by atoms with van der Waals surface area (Å²) in [6, 6.07) is 5.68. The molecule has 3 N–H and O–H groups in total. The zero-order valence-corrected chi connectivity index (χ0v) is 17.9. The number of aliphatic hydroxyl groups is 3. The van der Waals surface area contributed by atoms with Gasteiger partial charge in [0.2, 0.25) is 0 Å². The number of fused-ring (bicyclic) bond motifs is 6. The van der Waals surface area contributed by atoms with Crippen molar-refractivity contribution in [3.05, 3.63) is 46.0 Å². The van der Waals surface area contributed by atoms with Crippen molar-refractivity contribution in [2.75, 3.05) is 20.8 Å². The Hall–Kier alpha value is -2.71. The van der Waals surface area contributed by atoms with Crippen molar-refractivity contribution in [3.63, 3.8) is 0 Å². The van der Waals surface area contributed by atoms with Crippen molar-refractivity contribution in [2.24, 2.45) is 4.99 Å². The van der Waals surface area contributed by atoms with Gasteiger partial charge in [0.25, 0.3) is 0 Å². The van der Waals surface area contributed by atoms with Crippen molar-refractivity contribution in [2.45, 2.75) is 39.4 Å². The monoisotopic (exact) mass is 425 g/mol. The Labute approximate surface area is 180 Å². The first kappa shape index (κ1) is 21.5. The zero-order chi connectivity index (χ0) is 22.1. The number of hydrogen-bond acceptors (Lipinski definition) is 7. The molecule has 0 radical (unpaired) electrons. The lowest BCUT2D eigenvalue weighted by Gasteiger charge is -2.27. The summed E-state index contributed by atoms with van der Waals surface area (Å²) in [5.41, 5.74) is 3.76. The predicted molar refractivity (Wildman–Crippen MR) is 119 cm³/mol. The van der Waals surface area contributed by atoms with Gasteiger partial charge in [-0.05, 0) is 57.8 Å². The van der Waals surface area contributed by atoms with E-state index < -0.39 is 6.23 Å². The molecule has 0 aromatic heterocycles. The van der Waals surface area contributed by atoms with Gasteiger partial charge in [-0.1, -0.05) is 0 Å². The molecule has 7 heteroatoms. The van der Waals surface area contributed by atoms with Crippen molar-refractivity contribution < 1.29 is 29.5 Å². The highest BCUT2D eigenvalue weighted by Crippen LogP contribution is 2.45. The van der Waals surface area contributed by atoms with Gasteiger partial charge in [-0.2, -0.15) is 0 Å². The number of ether oxygens (including phenoxy) is 3. The Morgan fingerprint density at radius 1 is 0.903 bits per heavy atom. The summed E-state index contributed by atoms with van der Waals surface area (Å²) in [5.74, 6) is 1.09. The molecule has 0 saturated carbocycles. The molecule has 0 saturated heterocycles. The number of aliphatic imine (C=N–C) groups is 1. The van der Waals surface area contributed by atoms with Gasteiger partial charge >= 0.3 is 0 Å². The lowest BCUT2D eigenvalue weighted by molar-refractivity contribution is 0.0692. The topological polar surface area (TPSA) is 101 Å². The second kappa shape index (κ2) is 8.80. The minimum Gasteiger partial charge on any atom is -0.496 e. The Balaban J connectivity index is 2.26. The molecule has 0 fully saturated rings. The molecule has 0 amide bonds. The van der Waals surface area contributed by atoms with E-state index in [0.717, 1.165) is 32.7 Å². The van der Waals surface area contributed by atoms with Gasteiger partial charge in [-0.25, -0.2) is 0 Å². The maximum absolute atomic E-state index is 10.3. The SMILES string of the molecule is CCOC1N=CCc2c1c1cc(OC)c(CO)cc1c1c(CO)c(CO)c(OC)cc21. The molecule has 0 bridgehead atoms. The van der Waals surface area contributed by atoms with Crippen LogP contribution in [0.5, 0.6) is 11.5 Å². The van der Waals surface area contributed by atoms with Crippen molar-refractivity contribution >= 4 is 27.8 Å². The fourth-order valence-electron chi connectivity index (χ4n) is 4.60. The van der Waals surface area contributed by atoms with Crippen LogP contribution >= 0.6 is 0 Å². The standard InChI is InChI=1S/C24H27NO6/c1-4-31-24-23-14(5-6-25-24)16-9-21(30-3)18(11-27)19(12-28)22(16)15-7-13(10-26)20(29-2)8-17(15)23/h6-9,24,26-28H,4-5,10-12H2,1-3H3. The van der Waals surface area contributed by atoms with E-state index in [1.807, 2.05) is 31.3 Å². The Morgan fingerprint density at radius 3 is 2.23 bits per heavy atom. The van der Waals surface area contributed by atoms with E-state index in [2.05, 4.69) is 4.99 Å². The zero-order valence-electron chi connectivity index (χ0n) is 17.9. The molecule has 1 aliphatic heterocycles. The molecule has 0 aliphatic carbocycles. The van der Waals surface area contributed by atoms with E-state index in [-0.39, 0.29) is 19.8 Å². The van der Waals surface area contributed by atoms with Gasteiger partial charge in [0, 0.05) is 35.9 Å². The van der Waals surface area contributed by atoms with E-state index in [0.29, 0.717) is 41.2 Å². The average molecular weight is 425 g/mol. The second-order valence-electron chi connectivity index (χ2n) is 7.38. The van der Waals surface area contributed by atoms with Crippen LogP contribution in [0.1, 0.15) is 41.0 Å². The molecule has 1 unspecified atom stereocenters. The Bertz CT molecular complexity index is 1170. The molecule has 164 valence electrons. The van der Waals surface area contributed by atoms with E-state index in [1.165, 1.54) is 0 Å². The van der Waals surface area contributed by atoms with Crippen molar-refractivity contribution in [1.82, 2.24) is 0 Å². The Kier molecular flexibility index (Phi) is 6.11. The maximum atomic E-state index is 10.3. The van der Waals surface area contributed by atoms with E-state index >= 15 is 0 Å². The average Bonchev–Trinajstić information content (AvgIpc) is 2.81. The van der Waals surface area contributed by atoms with Crippen LogP contribution in [0.2, 0.25) is 0 Å². The van der Waals surface area contributed by atoms with E-state index in [9.17, 15) is 15.3 Å². The van der Waals surface area contributed by atoms with Crippen molar-refractivity contribution in [3.8, 4) is 11.5 Å². The third-order valence-corrected chi connectivity index (χ3v) is 5.95. The van der Waals surface area contributed by atoms with Crippen LogP contribution in [0.3, 0.4) is 0 Å². The summed E-state index contributed by atoms with van der Waals surface area (Å²) < 4.78 is 17.0. The highest BCUT2D eigenvalue weighted by molar-refractivity contribution is 6.14. The predicted octanol–water partition coefficient (Wildman–Crippen LogP) is 3.15.